The number of hydrogen-bond acceptors (Lipinski definition) is 3. The summed E-state index contributed by atoms with van der Waals surface area (Å²) in [6, 6.07) is 36.9. The van der Waals surface area contributed by atoms with E-state index in [1.54, 1.807) is 6.33 Å². The fourth-order valence-electron chi connectivity index (χ4n) is 7.04. The Morgan fingerprint density at radius 3 is 2.16 bits per heavy atom. The zero-order valence-electron chi connectivity index (χ0n) is 24.1. The lowest BCUT2D eigenvalue weighted by Gasteiger charge is -2.33. The molecule has 2 atom stereocenters. The van der Waals surface area contributed by atoms with Crippen molar-refractivity contribution in [3.8, 4) is 22.5 Å². The smallest absolute Gasteiger partial charge is 0.163 e. The van der Waals surface area contributed by atoms with Gasteiger partial charge in [-0.15, -0.1) is 0 Å². The zero-order chi connectivity index (χ0) is 28.8. The zero-order valence-corrected chi connectivity index (χ0v) is 24.1. The molecule has 206 valence electrons. The highest BCUT2D eigenvalue weighted by Crippen LogP contribution is 2.52. The molecule has 0 saturated carbocycles. The Hall–Kier alpha value is -5.15. The summed E-state index contributed by atoms with van der Waals surface area (Å²) in [5.41, 5.74) is 12.5. The molecular weight excluding hydrogens is 522 g/mol. The average Bonchev–Trinajstić information content (AvgIpc) is 3.09. The van der Waals surface area contributed by atoms with Gasteiger partial charge in [0, 0.05) is 22.5 Å². The van der Waals surface area contributed by atoms with Gasteiger partial charge < -0.3 is 0 Å². The van der Waals surface area contributed by atoms with E-state index in [-0.39, 0.29) is 5.41 Å². The molecule has 1 aromatic heterocycles. The van der Waals surface area contributed by atoms with E-state index < -0.39 is 0 Å². The van der Waals surface area contributed by atoms with Crippen LogP contribution >= 0.6 is 0 Å². The van der Waals surface area contributed by atoms with E-state index >= 15 is 0 Å². The molecule has 1 unspecified atom stereocenters. The molecule has 3 nitrogen and oxygen atoms in total. The number of nitrogens with zero attached hydrogens (tertiary/aromatic N) is 3. The number of aromatic nitrogens is 3. The molecule has 0 aliphatic heterocycles. The second-order valence-corrected chi connectivity index (χ2v) is 11.9. The number of allylic oxidation sites excluding steroid dienone is 8. The molecule has 0 bridgehead atoms. The number of hydrogen-bond donors (Lipinski definition) is 0. The predicted molar refractivity (Wildman–Crippen MR) is 176 cm³/mol. The van der Waals surface area contributed by atoms with E-state index in [2.05, 4.69) is 150 Å². The van der Waals surface area contributed by atoms with Crippen LogP contribution in [0, 0.1) is 0 Å². The maximum absolute atomic E-state index is 5.04. The summed E-state index contributed by atoms with van der Waals surface area (Å²) in [7, 11) is 0. The minimum atomic E-state index is -0.109. The largest absolute Gasteiger partial charge is 0.217 e. The SMILES string of the molecule is CC1(c2ccccc2)C=C(c2ncnc(-c3ccccc3C3=CC=C4c5ccccc5-c5ccccc5[C@@H]4C3)n2)C=CC1. The van der Waals surface area contributed by atoms with Crippen molar-refractivity contribution in [3.63, 3.8) is 0 Å². The van der Waals surface area contributed by atoms with Gasteiger partial charge in [0.05, 0.1) is 0 Å². The molecular formula is C40H31N3. The van der Waals surface area contributed by atoms with Gasteiger partial charge in [-0.25, -0.2) is 15.0 Å². The third-order valence-corrected chi connectivity index (χ3v) is 9.22. The van der Waals surface area contributed by atoms with Gasteiger partial charge in [0.1, 0.15) is 6.33 Å². The molecule has 8 rings (SSSR count). The van der Waals surface area contributed by atoms with Crippen LogP contribution in [0.2, 0.25) is 0 Å². The van der Waals surface area contributed by atoms with Crippen LogP contribution in [-0.2, 0) is 5.41 Å². The first kappa shape index (κ1) is 25.6. The van der Waals surface area contributed by atoms with Crippen LogP contribution in [0.1, 0.15) is 53.8 Å². The van der Waals surface area contributed by atoms with Crippen molar-refractivity contribution in [1.29, 1.82) is 0 Å². The Bertz CT molecular complexity index is 2000. The Morgan fingerprint density at radius 2 is 1.33 bits per heavy atom. The van der Waals surface area contributed by atoms with E-state index in [0.29, 0.717) is 17.6 Å². The first-order chi connectivity index (χ1) is 21.2. The average molecular weight is 554 g/mol. The number of benzene rings is 4. The molecule has 5 aromatic rings. The quantitative estimate of drug-likeness (QED) is 0.222. The standard InChI is InChI=1S/C40H31N3/c1-40(29-13-3-2-4-14-29)23-11-12-28(25-40)38-41-26-42-39(43-38)36-20-10-5-15-30(36)27-21-22-35-33-18-7-6-16-31(33)32-17-8-9-19-34(32)37(35)24-27/h2-22,25-26,37H,23-24H2,1H3/t37-,40?/m0/s1. The monoisotopic (exact) mass is 553 g/mol. The third kappa shape index (κ3) is 4.40. The first-order valence-electron chi connectivity index (χ1n) is 15.0. The van der Waals surface area contributed by atoms with Gasteiger partial charge in [0.15, 0.2) is 11.6 Å². The summed E-state index contributed by atoms with van der Waals surface area (Å²) < 4.78 is 0. The van der Waals surface area contributed by atoms with Crippen LogP contribution in [0.3, 0.4) is 0 Å². The van der Waals surface area contributed by atoms with Crippen LogP contribution in [0.5, 0.6) is 0 Å². The number of rotatable bonds is 4. The summed E-state index contributed by atoms with van der Waals surface area (Å²) in [6.07, 6.45) is 14.8. The molecule has 0 saturated heterocycles. The third-order valence-electron chi connectivity index (χ3n) is 9.22. The van der Waals surface area contributed by atoms with Crippen LogP contribution in [0.4, 0.5) is 0 Å². The summed E-state index contributed by atoms with van der Waals surface area (Å²) in [5, 5.41) is 0. The first-order valence-corrected chi connectivity index (χ1v) is 15.0. The van der Waals surface area contributed by atoms with Crippen molar-refractivity contribution in [2.24, 2.45) is 0 Å². The van der Waals surface area contributed by atoms with Crippen molar-refractivity contribution in [3.05, 3.63) is 168 Å². The van der Waals surface area contributed by atoms with E-state index in [1.807, 2.05) is 0 Å². The van der Waals surface area contributed by atoms with Gasteiger partial charge in [0.25, 0.3) is 0 Å². The second kappa shape index (κ2) is 10.3. The highest BCUT2D eigenvalue weighted by atomic mass is 15.0. The lowest BCUT2D eigenvalue weighted by Crippen LogP contribution is -2.20. The molecule has 43 heavy (non-hydrogen) atoms. The molecule has 0 spiro atoms. The van der Waals surface area contributed by atoms with Gasteiger partial charge in [-0.2, -0.15) is 0 Å². The molecule has 0 fully saturated rings. The summed E-state index contributed by atoms with van der Waals surface area (Å²) in [6.45, 7) is 2.28. The second-order valence-electron chi connectivity index (χ2n) is 11.9. The Labute approximate surface area is 252 Å². The van der Waals surface area contributed by atoms with Gasteiger partial charge in [-0.05, 0) is 57.4 Å². The minimum Gasteiger partial charge on any atom is -0.217 e. The Morgan fingerprint density at radius 1 is 0.651 bits per heavy atom. The number of fused-ring (bicyclic) bond motifs is 6. The molecule has 0 N–H and O–H groups in total. The Balaban J connectivity index is 1.18. The highest BCUT2D eigenvalue weighted by Gasteiger charge is 2.32. The van der Waals surface area contributed by atoms with Crippen LogP contribution in [-0.4, -0.2) is 15.0 Å². The highest BCUT2D eigenvalue weighted by molar-refractivity contribution is 5.95. The maximum atomic E-state index is 5.04. The van der Waals surface area contributed by atoms with Crippen molar-refractivity contribution < 1.29 is 0 Å². The van der Waals surface area contributed by atoms with E-state index in [1.165, 1.54) is 44.5 Å². The van der Waals surface area contributed by atoms with E-state index in [4.69, 9.17) is 4.98 Å². The fourth-order valence-corrected chi connectivity index (χ4v) is 7.04. The molecule has 3 aliphatic carbocycles. The van der Waals surface area contributed by atoms with Crippen LogP contribution in [0.25, 0.3) is 39.2 Å². The predicted octanol–water partition coefficient (Wildman–Crippen LogP) is 9.47. The van der Waals surface area contributed by atoms with Gasteiger partial charge in [-0.1, -0.05) is 140 Å². The fraction of sp³-hybridized carbons (Fsp3) is 0.125. The molecule has 3 aliphatic rings. The molecule has 1 heterocycles. The summed E-state index contributed by atoms with van der Waals surface area (Å²) >= 11 is 0. The summed E-state index contributed by atoms with van der Waals surface area (Å²) in [4.78, 5) is 14.4. The van der Waals surface area contributed by atoms with Crippen molar-refractivity contribution in [1.82, 2.24) is 15.0 Å². The topological polar surface area (TPSA) is 38.7 Å². The van der Waals surface area contributed by atoms with Crippen LogP contribution in [0.15, 0.2) is 140 Å². The van der Waals surface area contributed by atoms with Gasteiger partial charge >= 0.3 is 0 Å². The van der Waals surface area contributed by atoms with Crippen molar-refractivity contribution in [2.75, 3.05) is 0 Å². The van der Waals surface area contributed by atoms with E-state index in [9.17, 15) is 0 Å². The normalized spacial score (nSPS) is 20.2. The molecule has 0 amide bonds. The maximum Gasteiger partial charge on any atom is 0.163 e. The van der Waals surface area contributed by atoms with Crippen molar-refractivity contribution in [2.45, 2.75) is 31.1 Å². The molecule has 0 radical (unpaired) electrons. The lowest BCUT2D eigenvalue weighted by molar-refractivity contribution is 0.601. The minimum absolute atomic E-state index is 0.109. The summed E-state index contributed by atoms with van der Waals surface area (Å²) in [5.74, 6) is 1.71. The molecule has 3 heteroatoms. The van der Waals surface area contributed by atoms with E-state index in [0.717, 1.165) is 24.0 Å². The lowest BCUT2D eigenvalue weighted by atomic mass is 9.70. The Kier molecular flexibility index (Phi) is 6.11. The molecule has 4 aromatic carbocycles. The van der Waals surface area contributed by atoms with Crippen LogP contribution < -0.4 is 0 Å². The van der Waals surface area contributed by atoms with Gasteiger partial charge in [0.2, 0.25) is 0 Å². The van der Waals surface area contributed by atoms with Gasteiger partial charge in [-0.3, -0.25) is 0 Å². The van der Waals surface area contributed by atoms with Crippen molar-refractivity contribution >= 4 is 16.7 Å².